The minimum Gasteiger partial charge on any atom is -0.368 e. The van der Waals surface area contributed by atoms with Crippen molar-refractivity contribution in [1.82, 2.24) is 4.98 Å². The van der Waals surface area contributed by atoms with Gasteiger partial charge in [-0.2, -0.15) is 0 Å². The van der Waals surface area contributed by atoms with Crippen LogP contribution >= 0.6 is 31.9 Å². The van der Waals surface area contributed by atoms with Crippen LogP contribution in [0.4, 0.5) is 5.82 Å². The molecule has 1 N–H and O–H groups in total. The zero-order valence-electron chi connectivity index (χ0n) is 11.0. The van der Waals surface area contributed by atoms with Crippen LogP contribution in [0.15, 0.2) is 51.5 Å². The molecule has 2 aromatic rings. The fraction of sp³-hybridized carbons (Fsp3) is 0.267. The van der Waals surface area contributed by atoms with Gasteiger partial charge in [-0.25, -0.2) is 4.98 Å². The summed E-state index contributed by atoms with van der Waals surface area (Å²) in [6.07, 6.45) is 1.79. The van der Waals surface area contributed by atoms with E-state index < -0.39 is 0 Å². The Bertz CT molecular complexity index is 553. The van der Waals surface area contributed by atoms with E-state index in [1.54, 1.807) is 6.20 Å². The van der Waals surface area contributed by atoms with Gasteiger partial charge in [-0.3, -0.25) is 0 Å². The van der Waals surface area contributed by atoms with Crippen LogP contribution in [0.1, 0.15) is 19.4 Å². The highest BCUT2D eigenvalue weighted by Gasteiger charge is 2.20. The predicted octanol–water partition coefficient (Wildman–Crippen LogP) is 5.00. The van der Waals surface area contributed by atoms with Gasteiger partial charge in [0, 0.05) is 22.6 Å². The first-order valence-corrected chi connectivity index (χ1v) is 7.68. The molecule has 0 unspecified atom stereocenters. The summed E-state index contributed by atoms with van der Waals surface area (Å²) in [5.41, 5.74) is 1.37. The third-order valence-corrected chi connectivity index (χ3v) is 4.10. The number of hydrogen-bond donors (Lipinski definition) is 1. The molecular weight excluding hydrogens is 368 g/mol. The third kappa shape index (κ3) is 3.80. The summed E-state index contributed by atoms with van der Waals surface area (Å²) in [6.45, 7) is 5.27. The van der Waals surface area contributed by atoms with Crippen molar-refractivity contribution in [2.24, 2.45) is 0 Å². The van der Waals surface area contributed by atoms with E-state index in [9.17, 15) is 0 Å². The molecule has 0 saturated heterocycles. The van der Waals surface area contributed by atoms with Gasteiger partial charge < -0.3 is 5.32 Å². The lowest BCUT2D eigenvalue weighted by atomic mass is 9.85. The topological polar surface area (TPSA) is 24.9 Å². The lowest BCUT2D eigenvalue weighted by molar-refractivity contribution is 0.556. The molecule has 1 aromatic heterocycles. The van der Waals surface area contributed by atoms with Crippen molar-refractivity contribution in [2.75, 3.05) is 11.9 Å². The Labute approximate surface area is 130 Å². The molecule has 0 bridgehead atoms. The third-order valence-electron chi connectivity index (χ3n) is 3.06. The Morgan fingerprint density at radius 2 is 1.84 bits per heavy atom. The highest BCUT2D eigenvalue weighted by atomic mass is 79.9. The highest BCUT2D eigenvalue weighted by molar-refractivity contribution is 9.11. The van der Waals surface area contributed by atoms with Gasteiger partial charge in [-0.05, 0) is 43.5 Å². The maximum atomic E-state index is 4.37. The predicted molar refractivity (Wildman–Crippen MR) is 87.6 cm³/mol. The average Bonchev–Trinajstić information content (AvgIpc) is 2.39. The Balaban J connectivity index is 2.09. The lowest BCUT2D eigenvalue weighted by Gasteiger charge is -2.26. The fourth-order valence-electron chi connectivity index (χ4n) is 1.84. The van der Waals surface area contributed by atoms with Crippen LogP contribution in [-0.4, -0.2) is 11.5 Å². The van der Waals surface area contributed by atoms with E-state index in [4.69, 9.17) is 0 Å². The molecule has 0 radical (unpaired) electrons. The van der Waals surface area contributed by atoms with Gasteiger partial charge in [0.2, 0.25) is 0 Å². The van der Waals surface area contributed by atoms with Gasteiger partial charge >= 0.3 is 0 Å². The Morgan fingerprint density at radius 3 is 2.47 bits per heavy atom. The van der Waals surface area contributed by atoms with E-state index in [1.165, 1.54) is 5.56 Å². The molecular formula is C15H16Br2N2. The Morgan fingerprint density at radius 1 is 1.16 bits per heavy atom. The molecule has 2 rings (SSSR count). The van der Waals surface area contributed by atoms with Gasteiger partial charge in [0.25, 0.3) is 0 Å². The molecule has 100 valence electrons. The first-order valence-electron chi connectivity index (χ1n) is 6.09. The molecule has 0 fully saturated rings. The molecule has 4 heteroatoms. The first kappa shape index (κ1) is 14.5. The minimum absolute atomic E-state index is 0.0510. The maximum Gasteiger partial charge on any atom is 0.140 e. The second-order valence-electron chi connectivity index (χ2n) is 5.09. The summed E-state index contributed by atoms with van der Waals surface area (Å²) in [5, 5.41) is 3.40. The molecule has 0 spiro atoms. The normalized spacial score (nSPS) is 11.4. The molecule has 0 aliphatic heterocycles. The number of rotatable bonds is 4. The first-order chi connectivity index (χ1) is 8.99. The van der Waals surface area contributed by atoms with E-state index in [-0.39, 0.29) is 5.41 Å². The fourth-order valence-corrected chi connectivity index (χ4v) is 2.97. The average molecular weight is 384 g/mol. The van der Waals surface area contributed by atoms with Gasteiger partial charge in [0.15, 0.2) is 0 Å². The number of nitrogens with zero attached hydrogens (tertiary/aromatic N) is 1. The zero-order chi connectivity index (χ0) is 13.9. The van der Waals surface area contributed by atoms with Crippen molar-refractivity contribution in [3.05, 3.63) is 57.1 Å². The van der Waals surface area contributed by atoms with E-state index >= 15 is 0 Å². The van der Waals surface area contributed by atoms with Crippen molar-refractivity contribution in [3.63, 3.8) is 0 Å². The van der Waals surface area contributed by atoms with Crippen LogP contribution in [0.5, 0.6) is 0 Å². The van der Waals surface area contributed by atoms with E-state index in [0.29, 0.717) is 0 Å². The molecule has 0 aliphatic carbocycles. The van der Waals surface area contributed by atoms with Crippen LogP contribution in [0, 0.1) is 0 Å². The van der Waals surface area contributed by atoms with Gasteiger partial charge in [-0.1, -0.05) is 44.2 Å². The van der Waals surface area contributed by atoms with Crippen LogP contribution in [0.25, 0.3) is 0 Å². The van der Waals surface area contributed by atoms with Crippen LogP contribution in [0.3, 0.4) is 0 Å². The lowest BCUT2D eigenvalue weighted by Crippen LogP contribution is -2.27. The van der Waals surface area contributed by atoms with E-state index in [2.05, 4.69) is 80.3 Å². The van der Waals surface area contributed by atoms with Gasteiger partial charge in [-0.15, -0.1) is 0 Å². The Hall–Kier alpha value is -0.870. The van der Waals surface area contributed by atoms with Gasteiger partial charge in [0.05, 0.1) is 4.47 Å². The summed E-state index contributed by atoms with van der Waals surface area (Å²) >= 11 is 6.92. The van der Waals surface area contributed by atoms with Crippen molar-refractivity contribution < 1.29 is 0 Å². The standard InChI is InChI=1S/C15H16Br2N2/c1-15(2,11-6-4-3-5-7-11)10-19-14-13(17)8-12(16)9-18-14/h3-9H,10H2,1-2H3,(H,18,19). The van der Waals surface area contributed by atoms with Crippen molar-refractivity contribution >= 4 is 37.7 Å². The largest absolute Gasteiger partial charge is 0.368 e. The van der Waals surface area contributed by atoms with Crippen LogP contribution < -0.4 is 5.32 Å². The highest BCUT2D eigenvalue weighted by Crippen LogP contribution is 2.27. The molecule has 19 heavy (non-hydrogen) atoms. The molecule has 1 aromatic carbocycles. The Kier molecular flexibility index (Phi) is 4.63. The number of pyridine rings is 1. The summed E-state index contributed by atoms with van der Waals surface area (Å²) in [4.78, 5) is 4.37. The molecule has 0 atom stereocenters. The molecule has 1 heterocycles. The molecule has 0 saturated carbocycles. The van der Waals surface area contributed by atoms with Crippen LogP contribution in [0.2, 0.25) is 0 Å². The molecule has 0 amide bonds. The molecule has 0 aliphatic rings. The summed E-state index contributed by atoms with van der Waals surface area (Å²) in [7, 11) is 0. The number of nitrogens with one attached hydrogen (secondary N) is 1. The van der Waals surface area contributed by atoms with Gasteiger partial charge in [0.1, 0.15) is 5.82 Å². The van der Waals surface area contributed by atoms with Crippen molar-refractivity contribution in [1.29, 1.82) is 0 Å². The van der Waals surface area contributed by atoms with Crippen molar-refractivity contribution in [2.45, 2.75) is 19.3 Å². The number of hydrogen-bond acceptors (Lipinski definition) is 2. The molecule has 2 nitrogen and oxygen atoms in total. The maximum absolute atomic E-state index is 4.37. The minimum atomic E-state index is 0.0510. The second-order valence-corrected chi connectivity index (χ2v) is 6.86. The zero-order valence-corrected chi connectivity index (χ0v) is 14.1. The number of benzene rings is 1. The monoisotopic (exact) mass is 382 g/mol. The summed E-state index contributed by atoms with van der Waals surface area (Å²) in [5.74, 6) is 0.868. The SMILES string of the molecule is CC(C)(CNc1ncc(Br)cc1Br)c1ccccc1. The quantitative estimate of drug-likeness (QED) is 0.803. The second kappa shape index (κ2) is 6.06. The van der Waals surface area contributed by atoms with Crippen molar-refractivity contribution in [3.8, 4) is 0 Å². The van der Waals surface area contributed by atoms with E-state index in [1.807, 2.05) is 12.1 Å². The number of anilines is 1. The van der Waals surface area contributed by atoms with Crippen LogP contribution in [-0.2, 0) is 5.41 Å². The van der Waals surface area contributed by atoms with E-state index in [0.717, 1.165) is 21.3 Å². The number of aromatic nitrogens is 1. The number of halogens is 2. The smallest absolute Gasteiger partial charge is 0.140 e. The summed E-state index contributed by atoms with van der Waals surface area (Å²) in [6, 6.07) is 12.5. The summed E-state index contributed by atoms with van der Waals surface area (Å²) < 4.78 is 1.93.